The Labute approximate surface area is 368 Å². The van der Waals surface area contributed by atoms with Crippen LogP contribution in [0.3, 0.4) is 0 Å². The second-order valence-corrected chi connectivity index (χ2v) is 18.4. The van der Waals surface area contributed by atoms with Crippen LogP contribution in [0, 0.1) is 0 Å². The molecule has 1 heterocycles. The number of amides is 1. The Kier molecular flexibility index (Phi) is 39.0. The van der Waals surface area contributed by atoms with Crippen LogP contribution in [-0.2, 0) is 14.3 Å². The van der Waals surface area contributed by atoms with Crippen LogP contribution in [0.5, 0.6) is 0 Å². The standard InChI is InChI=1S/C50H99NO9/c1-3-5-7-9-11-13-15-17-18-19-20-21-22-23-24-25-26-28-30-32-34-36-38-45(54)51-42(39-40-59-50-49(58)48(57)47(56)44(41-52)60-50)46(55)43(53)37-35-33-31-29-27-16-14-12-10-8-6-4-2/h42-44,46-50,52-53,55-58H,3-41H2,1-2H3,(H,51,54)/t42-,43-,44+,46-,47-,48-,49+,50-/m0/s1. The third kappa shape index (κ3) is 30.3. The van der Waals surface area contributed by atoms with Crippen molar-refractivity contribution in [3.63, 3.8) is 0 Å². The van der Waals surface area contributed by atoms with E-state index in [1.165, 1.54) is 180 Å². The highest BCUT2D eigenvalue weighted by Crippen LogP contribution is 2.23. The summed E-state index contributed by atoms with van der Waals surface area (Å²) in [6.45, 7) is 3.90. The molecule has 1 amide bonds. The van der Waals surface area contributed by atoms with E-state index in [4.69, 9.17) is 9.47 Å². The number of unbranched alkanes of at least 4 members (excludes halogenated alkanes) is 32. The van der Waals surface area contributed by atoms with Gasteiger partial charge in [0, 0.05) is 6.42 Å². The van der Waals surface area contributed by atoms with Gasteiger partial charge in [-0.1, -0.05) is 226 Å². The van der Waals surface area contributed by atoms with Gasteiger partial charge in [0.1, 0.15) is 30.5 Å². The van der Waals surface area contributed by atoms with Crippen LogP contribution in [0.4, 0.5) is 0 Å². The molecule has 1 rings (SSSR count). The second kappa shape index (κ2) is 40.9. The average Bonchev–Trinajstić information content (AvgIpc) is 3.25. The third-order valence-electron chi connectivity index (χ3n) is 12.8. The Bertz CT molecular complexity index is 926. The van der Waals surface area contributed by atoms with E-state index in [1.54, 1.807) is 0 Å². The van der Waals surface area contributed by atoms with Crippen LogP contribution < -0.4 is 5.32 Å². The monoisotopic (exact) mass is 858 g/mol. The Balaban J connectivity index is 2.28. The highest BCUT2D eigenvalue weighted by atomic mass is 16.7. The van der Waals surface area contributed by atoms with E-state index in [0.29, 0.717) is 12.8 Å². The highest BCUT2D eigenvalue weighted by Gasteiger charge is 2.44. The molecule has 0 aromatic rings. The smallest absolute Gasteiger partial charge is 0.220 e. The lowest BCUT2D eigenvalue weighted by atomic mass is 9.97. The zero-order valence-corrected chi connectivity index (χ0v) is 39.1. The van der Waals surface area contributed by atoms with Crippen molar-refractivity contribution in [2.45, 2.75) is 300 Å². The van der Waals surface area contributed by atoms with Crippen molar-refractivity contribution in [3.05, 3.63) is 0 Å². The molecule has 0 spiro atoms. The zero-order valence-electron chi connectivity index (χ0n) is 39.1. The predicted octanol–water partition coefficient (Wildman–Crippen LogP) is 10.5. The molecule has 1 aliphatic rings. The van der Waals surface area contributed by atoms with Gasteiger partial charge in [0.05, 0.1) is 25.4 Å². The normalized spacial score (nSPS) is 21.0. The quantitative estimate of drug-likeness (QED) is 0.0295. The zero-order chi connectivity index (χ0) is 43.9. The molecule has 7 N–H and O–H groups in total. The maximum Gasteiger partial charge on any atom is 0.220 e. The average molecular weight is 858 g/mol. The molecular formula is C50H99NO9. The SMILES string of the molecule is CCCCCCCCCCCCCCCCCCCCCCCCC(=O)N[C@@H](CCO[C@H]1O[C@H](CO)[C@H](O)[C@H](O)[C@H]1O)[C@H](O)[C@@H](O)CCCCCCCCCCCCCC. The van der Waals surface area contributed by atoms with Crippen LogP contribution in [0.15, 0.2) is 0 Å². The molecule has 0 aromatic heterocycles. The molecular weight excluding hydrogens is 759 g/mol. The van der Waals surface area contributed by atoms with E-state index in [-0.39, 0.29) is 18.9 Å². The fourth-order valence-electron chi connectivity index (χ4n) is 8.65. The summed E-state index contributed by atoms with van der Waals surface area (Å²) in [5, 5.41) is 65.2. The molecule has 358 valence electrons. The Morgan fingerprint density at radius 2 is 0.883 bits per heavy atom. The van der Waals surface area contributed by atoms with Gasteiger partial charge in [-0.25, -0.2) is 0 Å². The number of aliphatic hydroxyl groups excluding tert-OH is 6. The molecule has 1 aliphatic heterocycles. The van der Waals surface area contributed by atoms with Crippen molar-refractivity contribution < 1.29 is 44.9 Å². The van der Waals surface area contributed by atoms with Crippen molar-refractivity contribution in [3.8, 4) is 0 Å². The minimum Gasteiger partial charge on any atom is -0.394 e. The van der Waals surface area contributed by atoms with Gasteiger partial charge in [-0.05, 0) is 19.3 Å². The molecule has 0 bridgehead atoms. The fraction of sp³-hybridized carbons (Fsp3) is 0.980. The van der Waals surface area contributed by atoms with Gasteiger partial charge >= 0.3 is 0 Å². The largest absolute Gasteiger partial charge is 0.394 e. The summed E-state index contributed by atoms with van der Waals surface area (Å²) in [7, 11) is 0. The van der Waals surface area contributed by atoms with Crippen molar-refractivity contribution in [2.24, 2.45) is 0 Å². The maximum atomic E-state index is 13.0. The Hall–Kier alpha value is -0.850. The van der Waals surface area contributed by atoms with Crippen molar-refractivity contribution in [1.29, 1.82) is 0 Å². The first-order valence-electron chi connectivity index (χ1n) is 25.8. The molecule has 0 aliphatic carbocycles. The van der Waals surface area contributed by atoms with E-state index in [9.17, 15) is 35.4 Å². The number of hydrogen-bond acceptors (Lipinski definition) is 9. The summed E-state index contributed by atoms with van der Waals surface area (Å²) in [5.41, 5.74) is 0. The van der Waals surface area contributed by atoms with E-state index >= 15 is 0 Å². The van der Waals surface area contributed by atoms with E-state index < -0.39 is 55.6 Å². The molecule has 0 aromatic carbocycles. The predicted molar refractivity (Wildman–Crippen MR) is 246 cm³/mol. The van der Waals surface area contributed by atoms with E-state index in [1.807, 2.05) is 0 Å². The first-order valence-corrected chi connectivity index (χ1v) is 25.8. The molecule has 8 atom stereocenters. The van der Waals surface area contributed by atoms with Crippen molar-refractivity contribution in [1.82, 2.24) is 5.32 Å². The summed E-state index contributed by atoms with van der Waals surface area (Å²) in [4.78, 5) is 13.0. The van der Waals surface area contributed by atoms with Crippen molar-refractivity contribution in [2.75, 3.05) is 13.2 Å². The van der Waals surface area contributed by atoms with Gasteiger partial charge in [0.25, 0.3) is 0 Å². The van der Waals surface area contributed by atoms with E-state index in [2.05, 4.69) is 19.2 Å². The summed E-state index contributed by atoms with van der Waals surface area (Å²) in [5.74, 6) is -0.183. The summed E-state index contributed by atoms with van der Waals surface area (Å²) in [6, 6.07) is -0.783. The number of carbonyl (C=O) groups excluding carboxylic acids is 1. The van der Waals surface area contributed by atoms with E-state index in [0.717, 1.165) is 38.5 Å². The highest BCUT2D eigenvalue weighted by molar-refractivity contribution is 5.76. The minimum absolute atomic E-state index is 0.0601. The summed E-state index contributed by atoms with van der Waals surface area (Å²) in [6.07, 6.45) is 35.1. The van der Waals surface area contributed by atoms with Crippen LogP contribution in [0.2, 0.25) is 0 Å². The molecule has 0 saturated carbocycles. The van der Waals surface area contributed by atoms with Gasteiger partial charge in [0.2, 0.25) is 5.91 Å². The van der Waals surface area contributed by atoms with Gasteiger partial charge in [-0.15, -0.1) is 0 Å². The molecule has 60 heavy (non-hydrogen) atoms. The lowest BCUT2D eigenvalue weighted by Crippen LogP contribution is -2.59. The lowest BCUT2D eigenvalue weighted by molar-refractivity contribution is -0.301. The molecule has 1 fully saturated rings. The number of ether oxygens (including phenoxy) is 2. The summed E-state index contributed by atoms with van der Waals surface area (Å²) >= 11 is 0. The minimum atomic E-state index is -1.56. The maximum absolute atomic E-state index is 13.0. The molecule has 0 unspecified atom stereocenters. The van der Waals surface area contributed by atoms with Crippen LogP contribution in [0.25, 0.3) is 0 Å². The molecule has 10 heteroatoms. The first-order chi connectivity index (χ1) is 29.3. The number of nitrogens with one attached hydrogen (secondary N) is 1. The van der Waals surface area contributed by atoms with Gasteiger partial charge in [-0.2, -0.15) is 0 Å². The van der Waals surface area contributed by atoms with Gasteiger partial charge in [0.15, 0.2) is 6.29 Å². The summed E-state index contributed by atoms with van der Waals surface area (Å²) < 4.78 is 11.1. The van der Waals surface area contributed by atoms with Crippen LogP contribution in [-0.4, -0.2) is 98.7 Å². The topological polar surface area (TPSA) is 169 Å². The number of hydrogen-bond donors (Lipinski definition) is 7. The van der Waals surface area contributed by atoms with Crippen molar-refractivity contribution >= 4 is 5.91 Å². The molecule has 0 radical (unpaired) electrons. The molecule has 1 saturated heterocycles. The lowest BCUT2D eigenvalue weighted by Gasteiger charge is -2.39. The number of aliphatic hydroxyl groups is 6. The Morgan fingerprint density at radius 3 is 1.27 bits per heavy atom. The first kappa shape index (κ1) is 57.2. The fourth-order valence-corrected chi connectivity index (χ4v) is 8.65. The Morgan fingerprint density at radius 1 is 0.517 bits per heavy atom. The second-order valence-electron chi connectivity index (χ2n) is 18.4. The number of carbonyl (C=O) groups is 1. The third-order valence-corrected chi connectivity index (χ3v) is 12.8. The number of rotatable bonds is 44. The molecule has 10 nitrogen and oxygen atoms in total. The van der Waals surface area contributed by atoms with Gasteiger partial charge in [-0.3, -0.25) is 4.79 Å². The van der Waals surface area contributed by atoms with Gasteiger partial charge < -0.3 is 45.4 Å². The van der Waals surface area contributed by atoms with Crippen LogP contribution >= 0.6 is 0 Å². The van der Waals surface area contributed by atoms with Crippen LogP contribution in [0.1, 0.15) is 251 Å².